The van der Waals surface area contributed by atoms with Gasteiger partial charge in [-0.2, -0.15) is 0 Å². The van der Waals surface area contributed by atoms with E-state index in [-0.39, 0.29) is 24.3 Å². The SMILES string of the molecule is CC(=O)N(CCC(=O)Nc1ccc(OC(C)C)cc1)c1cc(C)cc(C)c1. The monoisotopic (exact) mass is 368 g/mol. The molecule has 2 aromatic carbocycles. The Hall–Kier alpha value is -2.82. The highest BCUT2D eigenvalue weighted by atomic mass is 16.5. The van der Waals surface area contributed by atoms with Crippen LogP contribution in [0.3, 0.4) is 0 Å². The summed E-state index contributed by atoms with van der Waals surface area (Å²) in [5.41, 5.74) is 3.70. The predicted molar refractivity (Wildman–Crippen MR) is 109 cm³/mol. The Bertz CT molecular complexity index is 777. The van der Waals surface area contributed by atoms with Crippen LogP contribution >= 0.6 is 0 Å². The Labute approximate surface area is 161 Å². The molecule has 144 valence electrons. The number of ether oxygens (including phenoxy) is 1. The topological polar surface area (TPSA) is 58.6 Å². The van der Waals surface area contributed by atoms with Gasteiger partial charge in [0.05, 0.1) is 6.10 Å². The summed E-state index contributed by atoms with van der Waals surface area (Å²) in [5.74, 6) is 0.548. The fourth-order valence-electron chi connectivity index (χ4n) is 2.90. The van der Waals surface area contributed by atoms with E-state index in [1.807, 2.05) is 64.1 Å². The van der Waals surface area contributed by atoms with Crippen molar-refractivity contribution in [3.8, 4) is 5.75 Å². The molecule has 27 heavy (non-hydrogen) atoms. The third-order valence-corrected chi connectivity index (χ3v) is 3.97. The molecule has 2 rings (SSSR count). The van der Waals surface area contributed by atoms with Gasteiger partial charge in [0.25, 0.3) is 0 Å². The van der Waals surface area contributed by atoms with Gasteiger partial charge in [-0.25, -0.2) is 0 Å². The summed E-state index contributed by atoms with van der Waals surface area (Å²) in [6, 6.07) is 13.2. The van der Waals surface area contributed by atoms with Crippen LogP contribution in [0, 0.1) is 13.8 Å². The maximum atomic E-state index is 12.3. The molecule has 0 saturated carbocycles. The summed E-state index contributed by atoms with van der Waals surface area (Å²) in [6.07, 6.45) is 0.324. The van der Waals surface area contributed by atoms with Gasteiger partial charge in [-0.15, -0.1) is 0 Å². The standard InChI is InChI=1S/C22H28N2O3/c1-15(2)27-21-8-6-19(7-9-21)23-22(26)10-11-24(18(5)25)20-13-16(3)12-17(4)14-20/h6-9,12-15H,10-11H2,1-5H3,(H,23,26). The summed E-state index contributed by atoms with van der Waals surface area (Å²) in [7, 11) is 0. The highest BCUT2D eigenvalue weighted by Crippen LogP contribution is 2.20. The van der Waals surface area contributed by atoms with E-state index in [0.717, 1.165) is 22.6 Å². The zero-order valence-electron chi connectivity index (χ0n) is 16.7. The number of amides is 2. The molecule has 0 heterocycles. The molecule has 0 unspecified atom stereocenters. The molecule has 0 aliphatic heterocycles. The zero-order chi connectivity index (χ0) is 20.0. The number of hydrogen-bond donors (Lipinski definition) is 1. The molecule has 0 spiro atoms. The fourth-order valence-corrected chi connectivity index (χ4v) is 2.90. The van der Waals surface area contributed by atoms with Gasteiger partial charge < -0.3 is 15.0 Å². The first-order valence-electron chi connectivity index (χ1n) is 9.17. The molecule has 2 amide bonds. The van der Waals surface area contributed by atoms with Crippen molar-refractivity contribution in [3.63, 3.8) is 0 Å². The van der Waals surface area contributed by atoms with Crippen molar-refractivity contribution in [3.05, 3.63) is 53.6 Å². The molecule has 5 heteroatoms. The van der Waals surface area contributed by atoms with Crippen molar-refractivity contribution in [2.45, 2.75) is 47.1 Å². The smallest absolute Gasteiger partial charge is 0.226 e. The number of carbonyl (C=O) groups excluding carboxylic acids is 2. The van der Waals surface area contributed by atoms with Crippen molar-refractivity contribution in [1.82, 2.24) is 0 Å². The van der Waals surface area contributed by atoms with E-state index in [9.17, 15) is 9.59 Å². The summed E-state index contributed by atoms with van der Waals surface area (Å²) < 4.78 is 5.59. The Morgan fingerprint density at radius 1 is 1.04 bits per heavy atom. The summed E-state index contributed by atoms with van der Waals surface area (Å²) >= 11 is 0. The fraction of sp³-hybridized carbons (Fsp3) is 0.364. The van der Waals surface area contributed by atoms with Gasteiger partial charge >= 0.3 is 0 Å². The normalized spacial score (nSPS) is 10.6. The molecule has 0 aliphatic rings. The molecule has 0 atom stereocenters. The predicted octanol–water partition coefficient (Wildman–Crippen LogP) is 4.47. The van der Waals surface area contributed by atoms with E-state index in [1.54, 1.807) is 4.90 Å². The lowest BCUT2D eigenvalue weighted by Crippen LogP contribution is -2.32. The van der Waals surface area contributed by atoms with Crippen LogP contribution in [0.4, 0.5) is 11.4 Å². The van der Waals surface area contributed by atoms with Gasteiger partial charge in [0.15, 0.2) is 0 Å². The maximum Gasteiger partial charge on any atom is 0.226 e. The molecule has 0 aromatic heterocycles. The number of carbonyl (C=O) groups is 2. The van der Waals surface area contributed by atoms with Gasteiger partial charge in [-0.05, 0) is 75.2 Å². The lowest BCUT2D eigenvalue weighted by molar-refractivity contribution is -0.117. The van der Waals surface area contributed by atoms with Crippen LogP contribution in [0.2, 0.25) is 0 Å². The second-order valence-electron chi connectivity index (χ2n) is 7.01. The minimum Gasteiger partial charge on any atom is -0.491 e. The largest absolute Gasteiger partial charge is 0.491 e. The highest BCUT2D eigenvalue weighted by molar-refractivity contribution is 5.94. The van der Waals surface area contributed by atoms with Crippen molar-refractivity contribution >= 4 is 23.2 Å². The molecule has 0 aliphatic carbocycles. The summed E-state index contributed by atoms with van der Waals surface area (Å²) in [6.45, 7) is 9.77. The first-order chi connectivity index (χ1) is 12.7. The second-order valence-corrected chi connectivity index (χ2v) is 7.01. The summed E-state index contributed by atoms with van der Waals surface area (Å²) in [4.78, 5) is 26.0. The Kier molecular flexibility index (Phi) is 6.99. The Balaban J connectivity index is 1.96. The Morgan fingerprint density at radius 2 is 1.63 bits per heavy atom. The third-order valence-electron chi connectivity index (χ3n) is 3.97. The first kappa shape index (κ1) is 20.5. The Morgan fingerprint density at radius 3 is 2.15 bits per heavy atom. The van der Waals surface area contributed by atoms with Crippen molar-refractivity contribution in [2.75, 3.05) is 16.8 Å². The van der Waals surface area contributed by atoms with Crippen molar-refractivity contribution < 1.29 is 14.3 Å². The van der Waals surface area contributed by atoms with Gasteiger partial charge in [0, 0.05) is 31.3 Å². The van der Waals surface area contributed by atoms with Gasteiger partial charge in [-0.3, -0.25) is 9.59 Å². The van der Waals surface area contributed by atoms with Crippen LogP contribution in [0.1, 0.15) is 38.3 Å². The van der Waals surface area contributed by atoms with Crippen molar-refractivity contribution in [1.29, 1.82) is 0 Å². The summed E-state index contributed by atoms with van der Waals surface area (Å²) in [5, 5.41) is 2.86. The molecular formula is C22H28N2O3. The number of nitrogens with one attached hydrogen (secondary N) is 1. The second kappa shape index (κ2) is 9.21. The van der Waals surface area contributed by atoms with Crippen LogP contribution in [0.25, 0.3) is 0 Å². The maximum absolute atomic E-state index is 12.3. The van der Waals surface area contributed by atoms with E-state index in [0.29, 0.717) is 12.2 Å². The molecular weight excluding hydrogens is 340 g/mol. The van der Waals surface area contributed by atoms with E-state index < -0.39 is 0 Å². The average molecular weight is 368 g/mol. The number of anilines is 2. The van der Waals surface area contributed by atoms with Crippen LogP contribution in [0.5, 0.6) is 5.75 Å². The van der Waals surface area contributed by atoms with E-state index in [1.165, 1.54) is 6.92 Å². The molecule has 0 saturated heterocycles. The van der Waals surface area contributed by atoms with Crippen LogP contribution in [-0.4, -0.2) is 24.5 Å². The number of benzene rings is 2. The zero-order valence-corrected chi connectivity index (χ0v) is 16.7. The van der Waals surface area contributed by atoms with Crippen LogP contribution in [0.15, 0.2) is 42.5 Å². The minimum atomic E-state index is -0.136. The average Bonchev–Trinajstić information content (AvgIpc) is 2.55. The number of hydrogen-bond acceptors (Lipinski definition) is 3. The quantitative estimate of drug-likeness (QED) is 0.784. The van der Waals surface area contributed by atoms with E-state index in [2.05, 4.69) is 11.4 Å². The first-order valence-corrected chi connectivity index (χ1v) is 9.17. The lowest BCUT2D eigenvalue weighted by Gasteiger charge is -2.22. The van der Waals surface area contributed by atoms with E-state index in [4.69, 9.17) is 4.74 Å². The molecule has 1 N–H and O–H groups in total. The van der Waals surface area contributed by atoms with Crippen molar-refractivity contribution in [2.24, 2.45) is 0 Å². The van der Waals surface area contributed by atoms with Crippen LogP contribution in [-0.2, 0) is 9.59 Å². The number of aryl methyl sites for hydroxylation is 2. The molecule has 2 aromatic rings. The van der Waals surface area contributed by atoms with Gasteiger partial charge in [0.2, 0.25) is 11.8 Å². The molecule has 5 nitrogen and oxygen atoms in total. The third kappa shape index (κ3) is 6.44. The molecule has 0 fully saturated rings. The van der Waals surface area contributed by atoms with Crippen LogP contribution < -0.4 is 15.0 Å². The lowest BCUT2D eigenvalue weighted by atomic mass is 10.1. The van der Waals surface area contributed by atoms with E-state index >= 15 is 0 Å². The number of rotatable bonds is 7. The van der Waals surface area contributed by atoms with Gasteiger partial charge in [-0.1, -0.05) is 6.07 Å². The molecule has 0 radical (unpaired) electrons. The number of nitrogens with zero attached hydrogens (tertiary/aromatic N) is 1. The molecule has 0 bridgehead atoms. The minimum absolute atomic E-state index is 0.0806. The highest BCUT2D eigenvalue weighted by Gasteiger charge is 2.14. The van der Waals surface area contributed by atoms with Gasteiger partial charge in [0.1, 0.15) is 5.75 Å².